The molecule has 2 N–H and O–H groups in total. The summed E-state index contributed by atoms with van der Waals surface area (Å²) in [7, 11) is 1.72. The highest BCUT2D eigenvalue weighted by atomic mass is 32.1. The van der Waals surface area contributed by atoms with Gasteiger partial charge in [0.25, 0.3) is 5.91 Å². The Labute approximate surface area is 111 Å². The minimum Gasteiger partial charge on any atom is -0.381 e. The van der Waals surface area contributed by atoms with Gasteiger partial charge in [0.2, 0.25) is 0 Å². The van der Waals surface area contributed by atoms with Crippen molar-refractivity contribution in [1.82, 2.24) is 9.88 Å². The quantitative estimate of drug-likeness (QED) is 0.901. The Hall–Kier alpha value is -0.980. The van der Waals surface area contributed by atoms with Crippen LogP contribution in [-0.4, -0.2) is 42.1 Å². The van der Waals surface area contributed by atoms with Crippen LogP contribution in [0.15, 0.2) is 5.38 Å². The van der Waals surface area contributed by atoms with E-state index < -0.39 is 0 Å². The summed E-state index contributed by atoms with van der Waals surface area (Å²) in [6.07, 6.45) is 2.07. The molecule has 1 aliphatic heterocycles. The van der Waals surface area contributed by atoms with E-state index in [0.717, 1.165) is 30.9 Å². The third-order valence-electron chi connectivity index (χ3n) is 3.19. The lowest BCUT2D eigenvalue weighted by Gasteiger charge is -2.30. The van der Waals surface area contributed by atoms with Crippen LogP contribution in [0.25, 0.3) is 0 Å². The molecule has 2 rings (SSSR count). The highest BCUT2D eigenvalue weighted by Gasteiger charge is 2.25. The first kappa shape index (κ1) is 13.5. The number of nitrogens with two attached hydrogens (primary N) is 1. The third-order valence-corrected chi connectivity index (χ3v) is 4.24. The van der Waals surface area contributed by atoms with Gasteiger partial charge in [0, 0.05) is 25.6 Å². The van der Waals surface area contributed by atoms with Gasteiger partial charge >= 0.3 is 0 Å². The lowest BCUT2D eigenvalue weighted by atomic mass is 10.1. The highest BCUT2D eigenvalue weighted by Crippen LogP contribution is 2.19. The van der Waals surface area contributed by atoms with Gasteiger partial charge in [-0.2, -0.15) is 0 Å². The van der Waals surface area contributed by atoms with Crippen LogP contribution in [0.1, 0.15) is 41.3 Å². The van der Waals surface area contributed by atoms with Gasteiger partial charge in [0.15, 0.2) is 0 Å². The lowest BCUT2D eigenvalue weighted by molar-refractivity contribution is 0.0348. The summed E-state index contributed by atoms with van der Waals surface area (Å²) >= 11 is 1.45. The zero-order valence-corrected chi connectivity index (χ0v) is 11.6. The van der Waals surface area contributed by atoms with E-state index in [0.29, 0.717) is 5.69 Å². The van der Waals surface area contributed by atoms with Crippen molar-refractivity contribution in [3.63, 3.8) is 0 Å². The normalized spacial score (nSPS) is 18.9. The van der Waals surface area contributed by atoms with E-state index in [1.807, 2.05) is 11.8 Å². The maximum Gasteiger partial charge on any atom is 0.273 e. The number of likely N-dealkylation sites (tertiary alicyclic amines) is 1. The molecule has 1 unspecified atom stereocenters. The molecule has 1 aliphatic rings. The average Bonchev–Trinajstić information content (AvgIpc) is 2.88. The van der Waals surface area contributed by atoms with Gasteiger partial charge in [0.1, 0.15) is 10.7 Å². The summed E-state index contributed by atoms with van der Waals surface area (Å²) in [6, 6.07) is -0.115. The molecular formula is C12H19N3O2S. The van der Waals surface area contributed by atoms with Gasteiger partial charge in [-0.05, 0) is 19.8 Å². The van der Waals surface area contributed by atoms with Gasteiger partial charge in [0.05, 0.1) is 12.1 Å². The summed E-state index contributed by atoms with van der Waals surface area (Å²) in [5.41, 5.74) is 6.27. The second-order valence-electron chi connectivity index (χ2n) is 4.59. The predicted octanol–water partition coefficient (Wildman–Crippen LogP) is 1.41. The summed E-state index contributed by atoms with van der Waals surface area (Å²) in [5.74, 6) is 0.00713. The van der Waals surface area contributed by atoms with E-state index in [1.54, 1.807) is 12.5 Å². The predicted molar refractivity (Wildman–Crippen MR) is 70.7 cm³/mol. The molecule has 1 aromatic heterocycles. The molecule has 100 valence electrons. The zero-order chi connectivity index (χ0) is 13.1. The lowest BCUT2D eigenvalue weighted by Crippen LogP contribution is -2.40. The zero-order valence-electron chi connectivity index (χ0n) is 10.8. The largest absolute Gasteiger partial charge is 0.381 e. The summed E-state index contributed by atoms with van der Waals surface area (Å²) < 4.78 is 5.29. The smallest absolute Gasteiger partial charge is 0.273 e. The minimum atomic E-state index is -0.115. The Balaban J connectivity index is 1.98. The maximum atomic E-state index is 12.2. The molecule has 18 heavy (non-hydrogen) atoms. The number of aromatic nitrogens is 1. The van der Waals surface area contributed by atoms with Crippen LogP contribution in [0.3, 0.4) is 0 Å². The Morgan fingerprint density at radius 1 is 1.61 bits per heavy atom. The molecular weight excluding hydrogens is 250 g/mol. The number of piperidine rings is 1. The Kier molecular flexibility index (Phi) is 4.31. The Bertz CT molecular complexity index is 411. The van der Waals surface area contributed by atoms with Crippen molar-refractivity contribution in [1.29, 1.82) is 0 Å². The number of nitrogens with zero attached hydrogens (tertiary/aromatic N) is 2. The van der Waals surface area contributed by atoms with E-state index in [9.17, 15) is 4.79 Å². The van der Waals surface area contributed by atoms with Crippen molar-refractivity contribution >= 4 is 17.2 Å². The number of rotatable bonds is 3. The molecule has 1 fully saturated rings. The van der Waals surface area contributed by atoms with E-state index in [2.05, 4.69) is 4.98 Å². The topological polar surface area (TPSA) is 68.5 Å². The summed E-state index contributed by atoms with van der Waals surface area (Å²) in [6.45, 7) is 3.35. The number of hydrogen-bond donors (Lipinski definition) is 1. The van der Waals surface area contributed by atoms with Crippen molar-refractivity contribution in [2.45, 2.75) is 31.9 Å². The monoisotopic (exact) mass is 269 g/mol. The fourth-order valence-electron chi connectivity index (χ4n) is 2.05. The van der Waals surface area contributed by atoms with Crippen LogP contribution in [-0.2, 0) is 4.74 Å². The second kappa shape index (κ2) is 5.77. The van der Waals surface area contributed by atoms with Crippen molar-refractivity contribution in [2.75, 3.05) is 20.2 Å². The van der Waals surface area contributed by atoms with Crippen LogP contribution in [0.4, 0.5) is 0 Å². The van der Waals surface area contributed by atoms with Crippen LogP contribution in [0.2, 0.25) is 0 Å². The van der Waals surface area contributed by atoms with E-state index in [-0.39, 0.29) is 18.1 Å². The van der Waals surface area contributed by atoms with Crippen molar-refractivity contribution in [2.24, 2.45) is 5.73 Å². The van der Waals surface area contributed by atoms with Gasteiger partial charge in [-0.25, -0.2) is 4.98 Å². The molecule has 0 aliphatic carbocycles. The number of amides is 1. The van der Waals surface area contributed by atoms with Crippen molar-refractivity contribution in [3.8, 4) is 0 Å². The first-order chi connectivity index (χ1) is 8.61. The average molecular weight is 269 g/mol. The highest BCUT2D eigenvalue weighted by molar-refractivity contribution is 7.09. The SMILES string of the molecule is COC1CCN(C(=O)c2csc(C(C)N)n2)CC1. The van der Waals surface area contributed by atoms with Gasteiger partial charge in [-0.3, -0.25) is 4.79 Å². The number of methoxy groups -OCH3 is 1. The molecule has 1 atom stereocenters. The molecule has 0 bridgehead atoms. The van der Waals surface area contributed by atoms with Crippen LogP contribution < -0.4 is 5.73 Å². The number of carbonyl (C=O) groups is 1. The number of ether oxygens (including phenoxy) is 1. The van der Waals surface area contributed by atoms with Crippen molar-refractivity contribution < 1.29 is 9.53 Å². The van der Waals surface area contributed by atoms with Crippen LogP contribution >= 0.6 is 11.3 Å². The van der Waals surface area contributed by atoms with Gasteiger partial charge in [-0.1, -0.05) is 0 Å². The standard InChI is InChI=1S/C12H19N3O2S/c1-8(13)11-14-10(7-18-11)12(16)15-5-3-9(17-2)4-6-15/h7-9H,3-6,13H2,1-2H3. The Morgan fingerprint density at radius 3 is 2.78 bits per heavy atom. The molecule has 5 nitrogen and oxygen atoms in total. The molecule has 1 aromatic rings. The van der Waals surface area contributed by atoms with Gasteiger partial charge < -0.3 is 15.4 Å². The molecule has 0 spiro atoms. The summed E-state index contributed by atoms with van der Waals surface area (Å²) in [4.78, 5) is 18.4. The molecule has 6 heteroatoms. The van der Waals surface area contributed by atoms with Crippen LogP contribution in [0, 0.1) is 0 Å². The van der Waals surface area contributed by atoms with Gasteiger partial charge in [-0.15, -0.1) is 11.3 Å². The van der Waals surface area contributed by atoms with Crippen molar-refractivity contribution in [3.05, 3.63) is 16.1 Å². The first-order valence-electron chi connectivity index (χ1n) is 6.15. The molecule has 2 heterocycles. The molecule has 0 saturated carbocycles. The fourth-order valence-corrected chi connectivity index (χ4v) is 2.80. The number of carbonyl (C=O) groups excluding carboxylic acids is 1. The van der Waals surface area contributed by atoms with E-state index in [4.69, 9.17) is 10.5 Å². The fraction of sp³-hybridized carbons (Fsp3) is 0.667. The minimum absolute atomic E-state index is 0.00713. The van der Waals surface area contributed by atoms with Crippen LogP contribution in [0.5, 0.6) is 0 Å². The molecule has 1 amide bonds. The number of hydrogen-bond acceptors (Lipinski definition) is 5. The number of thiazole rings is 1. The molecule has 1 saturated heterocycles. The third kappa shape index (κ3) is 2.88. The van der Waals surface area contributed by atoms with E-state index >= 15 is 0 Å². The van der Waals surface area contributed by atoms with E-state index in [1.165, 1.54) is 11.3 Å². The maximum absolute atomic E-state index is 12.2. The summed E-state index contributed by atoms with van der Waals surface area (Å²) in [5, 5.41) is 2.61. The Morgan fingerprint density at radius 2 is 2.28 bits per heavy atom. The second-order valence-corrected chi connectivity index (χ2v) is 5.48. The molecule has 0 radical (unpaired) electrons. The molecule has 0 aromatic carbocycles. The first-order valence-corrected chi connectivity index (χ1v) is 7.03.